The van der Waals surface area contributed by atoms with Crippen molar-refractivity contribution in [1.29, 1.82) is 5.26 Å². The molecule has 0 aromatic heterocycles. The Morgan fingerprint density at radius 1 is 1.10 bits per heavy atom. The van der Waals surface area contributed by atoms with Crippen LogP contribution in [0.3, 0.4) is 0 Å². The van der Waals surface area contributed by atoms with Gasteiger partial charge in [-0.15, -0.1) is 0 Å². The van der Waals surface area contributed by atoms with Gasteiger partial charge in [0.05, 0.1) is 17.8 Å². The number of aromatic hydroxyl groups is 1. The molecule has 2 rings (SSSR count). The standard InChI is InChI=1S/C15H11F3N2O/c16-15(17,18)20(10-11-4-2-1-3-5-11)14-8-13(21)7-6-12(14)9-19/h1-8,21H,10H2. The third-order valence-corrected chi connectivity index (χ3v) is 2.88. The zero-order chi connectivity index (χ0) is 15.5. The normalized spacial score (nSPS) is 11.0. The molecule has 0 unspecified atom stereocenters. The maximum atomic E-state index is 13.3. The lowest BCUT2D eigenvalue weighted by molar-refractivity contribution is -0.130. The van der Waals surface area contributed by atoms with Crippen molar-refractivity contribution in [2.45, 2.75) is 12.8 Å². The van der Waals surface area contributed by atoms with Gasteiger partial charge in [-0.05, 0) is 17.7 Å². The Morgan fingerprint density at radius 2 is 1.76 bits per heavy atom. The van der Waals surface area contributed by atoms with Gasteiger partial charge in [0.1, 0.15) is 11.8 Å². The van der Waals surface area contributed by atoms with Gasteiger partial charge in [0.25, 0.3) is 0 Å². The predicted molar refractivity (Wildman–Crippen MR) is 71.5 cm³/mol. The summed E-state index contributed by atoms with van der Waals surface area (Å²) in [6.07, 6.45) is -4.67. The van der Waals surface area contributed by atoms with Crippen molar-refractivity contribution < 1.29 is 18.3 Å². The minimum Gasteiger partial charge on any atom is -0.508 e. The second-order valence-corrected chi connectivity index (χ2v) is 4.35. The van der Waals surface area contributed by atoms with Gasteiger partial charge in [-0.3, -0.25) is 4.90 Å². The van der Waals surface area contributed by atoms with Crippen molar-refractivity contribution in [3.05, 3.63) is 59.7 Å². The van der Waals surface area contributed by atoms with E-state index in [4.69, 9.17) is 5.26 Å². The maximum absolute atomic E-state index is 13.3. The molecule has 0 amide bonds. The van der Waals surface area contributed by atoms with Crippen molar-refractivity contribution >= 4 is 5.69 Å². The number of phenolic OH excluding ortho intramolecular Hbond substituents is 1. The third kappa shape index (κ3) is 3.45. The van der Waals surface area contributed by atoms with Crippen LogP contribution < -0.4 is 4.90 Å². The minimum absolute atomic E-state index is 0.139. The zero-order valence-corrected chi connectivity index (χ0v) is 10.8. The molecule has 0 atom stereocenters. The largest absolute Gasteiger partial charge is 0.508 e. The summed E-state index contributed by atoms with van der Waals surface area (Å²) in [7, 11) is 0. The molecule has 0 saturated carbocycles. The molecule has 0 radical (unpaired) electrons. The summed E-state index contributed by atoms with van der Waals surface area (Å²) >= 11 is 0. The number of hydrogen-bond acceptors (Lipinski definition) is 3. The maximum Gasteiger partial charge on any atom is 0.485 e. The molecule has 6 heteroatoms. The molecule has 2 aromatic carbocycles. The van der Waals surface area contributed by atoms with E-state index in [0.29, 0.717) is 5.56 Å². The summed E-state index contributed by atoms with van der Waals surface area (Å²) in [6.45, 7) is -0.442. The van der Waals surface area contributed by atoms with Gasteiger partial charge in [0.2, 0.25) is 0 Å². The summed E-state index contributed by atoms with van der Waals surface area (Å²) < 4.78 is 39.8. The fraction of sp³-hybridized carbons (Fsp3) is 0.133. The second-order valence-electron chi connectivity index (χ2n) is 4.35. The van der Waals surface area contributed by atoms with Crippen molar-refractivity contribution in [1.82, 2.24) is 0 Å². The Kier molecular flexibility index (Phi) is 4.03. The van der Waals surface area contributed by atoms with Crippen LogP contribution in [0, 0.1) is 11.3 Å². The molecular weight excluding hydrogens is 281 g/mol. The minimum atomic E-state index is -4.67. The monoisotopic (exact) mass is 292 g/mol. The first kappa shape index (κ1) is 14.7. The number of alkyl halides is 3. The number of halogens is 3. The van der Waals surface area contributed by atoms with E-state index in [0.717, 1.165) is 12.1 Å². The molecule has 0 saturated heterocycles. The van der Waals surface area contributed by atoms with Crippen LogP contribution in [0.15, 0.2) is 48.5 Å². The molecule has 21 heavy (non-hydrogen) atoms. The average molecular weight is 292 g/mol. The lowest BCUT2D eigenvalue weighted by Crippen LogP contribution is -2.38. The van der Waals surface area contributed by atoms with Crippen LogP contribution in [-0.4, -0.2) is 11.4 Å². The summed E-state index contributed by atoms with van der Waals surface area (Å²) in [5.74, 6) is -0.327. The van der Waals surface area contributed by atoms with Gasteiger partial charge in [-0.1, -0.05) is 30.3 Å². The van der Waals surface area contributed by atoms with E-state index in [9.17, 15) is 18.3 Å². The van der Waals surface area contributed by atoms with E-state index in [2.05, 4.69) is 0 Å². The highest BCUT2D eigenvalue weighted by Crippen LogP contribution is 2.34. The second kappa shape index (κ2) is 5.75. The van der Waals surface area contributed by atoms with Crippen molar-refractivity contribution in [2.75, 3.05) is 4.90 Å². The third-order valence-electron chi connectivity index (χ3n) is 2.88. The SMILES string of the molecule is N#Cc1ccc(O)cc1N(Cc1ccccc1)C(F)(F)F. The Morgan fingerprint density at radius 3 is 2.33 bits per heavy atom. The molecule has 0 aliphatic rings. The van der Waals surface area contributed by atoms with Gasteiger partial charge in [0.15, 0.2) is 0 Å². The van der Waals surface area contributed by atoms with E-state index in [1.165, 1.54) is 6.07 Å². The quantitative estimate of drug-likeness (QED) is 0.875. The Bertz CT molecular complexity index is 663. The first-order chi connectivity index (χ1) is 9.91. The molecule has 0 aliphatic carbocycles. The average Bonchev–Trinajstić information content (AvgIpc) is 2.44. The van der Waals surface area contributed by atoms with Crippen molar-refractivity contribution in [2.24, 2.45) is 0 Å². The number of anilines is 1. The molecule has 108 valence electrons. The van der Waals surface area contributed by atoms with Crippen LogP contribution in [0.4, 0.5) is 18.9 Å². The van der Waals surface area contributed by atoms with Crippen molar-refractivity contribution in [3.63, 3.8) is 0 Å². The van der Waals surface area contributed by atoms with Gasteiger partial charge in [0, 0.05) is 6.07 Å². The summed E-state index contributed by atoms with van der Waals surface area (Å²) in [4.78, 5) is 0.139. The Labute approximate surface area is 119 Å². The highest BCUT2D eigenvalue weighted by molar-refractivity contribution is 5.62. The number of benzene rings is 2. The topological polar surface area (TPSA) is 47.3 Å². The highest BCUT2D eigenvalue weighted by Gasteiger charge is 2.38. The van der Waals surface area contributed by atoms with Gasteiger partial charge in [-0.25, -0.2) is 0 Å². The van der Waals surface area contributed by atoms with Crippen molar-refractivity contribution in [3.8, 4) is 11.8 Å². The molecule has 0 bridgehead atoms. The van der Waals surface area contributed by atoms with Crippen LogP contribution in [0.5, 0.6) is 5.75 Å². The fourth-order valence-corrected chi connectivity index (χ4v) is 1.92. The number of hydrogen-bond donors (Lipinski definition) is 1. The van der Waals surface area contributed by atoms with Gasteiger partial charge < -0.3 is 5.11 Å². The Balaban J connectivity index is 2.47. The van der Waals surface area contributed by atoms with E-state index in [1.807, 2.05) is 0 Å². The fourth-order valence-electron chi connectivity index (χ4n) is 1.92. The number of nitriles is 1. The molecule has 0 spiro atoms. The number of phenols is 1. The van der Waals surface area contributed by atoms with Crippen LogP contribution >= 0.6 is 0 Å². The molecule has 2 aromatic rings. The van der Waals surface area contributed by atoms with E-state index >= 15 is 0 Å². The van der Waals surface area contributed by atoms with Crippen LogP contribution in [-0.2, 0) is 6.54 Å². The highest BCUT2D eigenvalue weighted by atomic mass is 19.4. The molecule has 0 aliphatic heterocycles. The zero-order valence-electron chi connectivity index (χ0n) is 10.8. The smallest absolute Gasteiger partial charge is 0.485 e. The van der Waals surface area contributed by atoms with Crippen LogP contribution in [0.2, 0.25) is 0 Å². The lowest BCUT2D eigenvalue weighted by Gasteiger charge is -2.28. The Hall–Kier alpha value is -2.68. The van der Waals surface area contributed by atoms with Gasteiger partial charge in [-0.2, -0.15) is 18.4 Å². The first-order valence-electron chi connectivity index (χ1n) is 6.03. The van der Waals surface area contributed by atoms with E-state index < -0.39 is 12.8 Å². The number of rotatable bonds is 3. The summed E-state index contributed by atoms with van der Waals surface area (Å²) in [6, 6.07) is 13.1. The van der Waals surface area contributed by atoms with E-state index in [1.54, 1.807) is 36.4 Å². The molecule has 3 nitrogen and oxygen atoms in total. The number of nitrogens with zero attached hydrogens (tertiary/aromatic N) is 2. The van der Waals surface area contributed by atoms with Crippen LogP contribution in [0.1, 0.15) is 11.1 Å². The molecule has 0 heterocycles. The molecular formula is C15H11F3N2O. The van der Waals surface area contributed by atoms with Crippen LogP contribution in [0.25, 0.3) is 0 Å². The first-order valence-corrected chi connectivity index (χ1v) is 6.03. The summed E-state index contributed by atoms with van der Waals surface area (Å²) in [5.41, 5.74) is -0.0723. The summed E-state index contributed by atoms with van der Waals surface area (Å²) in [5, 5.41) is 18.4. The predicted octanol–water partition coefficient (Wildman–Crippen LogP) is 3.79. The van der Waals surface area contributed by atoms with Gasteiger partial charge >= 0.3 is 6.30 Å². The molecule has 0 fully saturated rings. The van der Waals surface area contributed by atoms with E-state index in [-0.39, 0.29) is 21.9 Å². The lowest BCUT2D eigenvalue weighted by atomic mass is 10.1. The molecule has 1 N–H and O–H groups in total.